The molecule has 2 aromatic rings. The summed E-state index contributed by atoms with van der Waals surface area (Å²) in [5, 5.41) is 14.4. The van der Waals surface area contributed by atoms with E-state index < -0.39 is 17.5 Å². The number of hydrogen-bond acceptors (Lipinski definition) is 6. The van der Waals surface area contributed by atoms with Crippen LogP contribution in [0.3, 0.4) is 0 Å². The molecule has 0 saturated heterocycles. The molecule has 1 amide bonds. The number of halogens is 1. The average molecular weight is 369 g/mol. The van der Waals surface area contributed by atoms with E-state index in [4.69, 9.17) is 16.3 Å². The van der Waals surface area contributed by atoms with Crippen molar-refractivity contribution in [2.45, 2.75) is 6.54 Å². The Morgan fingerprint density at radius 3 is 2.71 bits per heavy atom. The molecule has 1 heterocycles. The summed E-state index contributed by atoms with van der Waals surface area (Å²) in [6.45, 7) is -0.0229. The van der Waals surface area contributed by atoms with Crippen LogP contribution >= 0.6 is 22.9 Å². The highest BCUT2D eigenvalue weighted by molar-refractivity contribution is 7.07. The SMILES string of the molecule is CN(Cc1ccsc1)C(=O)COC(=O)c1ccc([N+](=O)[O-])cc1Cl. The van der Waals surface area contributed by atoms with Crippen LogP contribution in [-0.2, 0) is 16.1 Å². The molecule has 0 aliphatic carbocycles. The topological polar surface area (TPSA) is 89.8 Å². The zero-order chi connectivity index (χ0) is 17.7. The Labute approximate surface area is 146 Å². The van der Waals surface area contributed by atoms with Gasteiger partial charge in [0.25, 0.3) is 11.6 Å². The minimum atomic E-state index is -0.813. The number of nitro groups is 1. The number of nitro benzene ring substituents is 1. The van der Waals surface area contributed by atoms with Crippen LogP contribution in [-0.4, -0.2) is 35.4 Å². The van der Waals surface area contributed by atoms with Crippen LogP contribution in [0.1, 0.15) is 15.9 Å². The van der Waals surface area contributed by atoms with E-state index in [-0.39, 0.29) is 22.2 Å². The Hall–Kier alpha value is -2.45. The number of benzene rings is 1. The summed E-state index contributed by atoms with van der Waals surface area (Å²) in [5.41, 5.74) is 0.722. The third kappa shape index (κ3) is 4.53. The fourth-order valence-electron chi connectivity index (χ4n) is 1.84. The van der Waals surface area contributed by atoms with E-state index in [1.165, 1.54) is 22.3 Å². The third-order valence-corrected chi connectivity index (χ3v) is 4.18. The van der Waals surface area contributed by atoms with Gasteiger partial charge in [0.2, 0.25) is 0 Å². The maximum atomic E-state index is 12.0. The Morgan fingerprint density at radius 1 is 1.38 bits per heavy atom. The number of rotatable bonds is 6. The van der Waals surface area contributed by atoms with E-state index in [1.54, 1.807) is 7.05 Å². The van der Waals surface area contributed by atoms with Gasteiger partial charge in [0.15, 0.2) is 6.61 Å². The molecule has 2 rings (SSSR count). The molecule has 24 heavy (non-hydrogen) atoms. The summed E-state index contributed by atoms with van der Waals surface area (Å²) < 4.78 is 4.93. The summed E-state index contributed by atoms with van der Waals surface area (Å²) in [6, 6.07) is 5.30. The van der Waals surface area contributed by atoms with E-state index in [2.05, 4.69) is 0 Å². The van der Waals surface area contributed by atoms with Crippen molar-refractivity contribution in [2.24, 2.45) is 0 Å². The Morgan fingerprint density at radius 2 is 2.12 bits per heavy atom. The lowest BCUT2D eigenvalue weighted by Gasteiger charge is -2.16. The number of carbonyl (C=O) groups is 2. The predicted molar refractivity (Wildman–Crippen MR) is 89.2 cm³/mol. The van der Waals surface area contributed by atoms with Crippen LogP contribution in [0.4, 0.5) is 5.69 Å². The molecule has 1 aromatic carbocycles. The molecule has 0 spiro atoms. The molecule has 0 N–H and O–H groups in total. The number of non-ortho nitro benzene ring substituents is 1. The van der Waals surface area contributed by atoms with Crippen LogP contribution in [0.2, 0.25) is 5.02 Å². The van der Waals surface area contributed by atoms with Crippen molar-refractivity contribution in [1.82, 2.24) is 4.90 Å². The van der Waals surface area contributed by atoms with Gasteiger partial charge < -0.3 is 9.64 Å². The molecule has 0 unspecified atom stereocenters. The van der Waals surface area contributed by atoms with Gasteiger partial charge in [0.1, 0.15) is 0 Å². The number of hydrogen-bond donors (Lipinski definition) is 0. The summed E-state index contributed by atoms with van der Waals surface area (Å²) in [7, 11) is 1.60. The van der Waals surface area contributed by atoms with Crippen molar-refractivity contribution < 1.29 is 19.2 Å². The average Bonchev–Trinajstić information content (AvgIpc) is 3.04. The minimum Gasteiger partial charge on any atom is -0.452 e. The first-order chi connectivity index (χ1) is 11.4. The maximum absolute atomic E-state index is 12.0. The molecule has 1 aromatic heterocycles. The van der Waals surface area contributed by atoms with Crippen molar-refractivity contribution in [3.05, 3.63) is 61.3 Å². The Kier molecular flexibility index (Phi) is 5.88. The second kappa shape index (κ2) is 7.89. The van der Waals surface area contributed by atoms with Crippen molar-refractivity contribution in [1.29, 1.82) is 0 Å². The number of carbonyl (C=O) groups excluding carboxylic acids is 2. The maximum Gasteiger partial charge on any atom is 0.340 e. The molecular formula is C15H13ClN2O5S. The number of thiophene rings is 1. The number of amides is 1. The molecule has 9 heteroatoms. The van der Waals surface area contributed by atoms with E-state index in [0.29, 0.717) is 6.54 Å². The molecule has 0 saturated carbocycles. The standard InChI is InChI=1S/C15H13ClN2O5S/c1-17(7-10-4-5-24-9-10)14(19)8-23-15(20)12-3-2-11(18(21)22)6-13(12)16/h2-6,9H,7-8H2,1H3. The molecule has 126 valence electrons. The highest BCUT2D eigenvalue weighted by Crippen LogP contribution is 2.23. The first-order valence-corrected chi connectivity index (χ1v) is 8.06. The predicted octanol–water partition coefficient (Wildman–Crippen LogP) is 3.13. The van der Waals surface area contributed by atoms with Gasteiger partial charge >= 0.3 is 5.97 Å². The molecule has 0 radical (unpaired) electrons. The summed E-state index contributed by atoms with van der Waals surface area (Å²) in [6.07, 6.45) is 0. The van der Waals surface area contributed by atoms with E-state index >= 15 is 0 Å². The fraction of sp³-hybridized carbons (Fsp3) is 0.200. The van der Waals surface area contributed by atoms with Gasteiger partial charge in [-0.1, -0.05) is 11.6 Å². The summed E-state index contributed by atoms with van der Waals surface area (Å²) in [4.78, 5) is 35.4. The lowest BCUT2D eigenvalue weighted by atomic mass is 10.2. The highest BCUT2D eigenvalue weighted by Gasteiger charge is 2.18. The van der Waals surface area contributed by atoms with Gasteiger partial charge in [-0.15, -0.1) is 0 Å². The fourth-order valence-corrected chi connectivity index (χ4v) is 2.75. The van der Waals surface area contributed by atoms with Gasteiger partial charge in [0.05, 0.1) is 15.5 Å². The first-order valence-electron chi connectivity index (χ1n) is 6.74. The van der Waals surface area contributed by atoms with Gasteiger partial charge in [-0.2, -0.15) is 11.3 Å². The largest absolute Gasteiger partial charge is 0.452 e. The Balaban J connectivity index is 1.92. The summed E-state index contributed by atoms with van der Waals surface area (Å²) in [5.74, 6) is -1.18. The monoisotopic (exact) mass is 368 g/mol. The van der Waals surface area contributed by atoms with Gasteiger partial charge in [-0.3, -0.25) is 14.9 Å². The van der Waals surface area contributed by atoms with Crippen LogP contribution in [0.5, 0.6) is 0 Å². The highest BCUT2D eigenvalue weighted by atomic mass is 35.5. The van der Waals surface area contributed by atoms with E-state index in [0.717, 1.165) is 17.7 Å². The number of ether oxygens (including phenoxy) is 1. The lowest BCUT2D eigenvalue weighted by Crippen LogP contribution is -2.30. The molecular weight excluding hydrogens is 356 g/mol. The number of likely N-dealkylation sites (N-methyl/N-ethyl adjacent to an activating group) is 1. The van der Waals surface area contributed by atoms with Crippen LogP contribution in [0.25, 0.3) is 0 Å². The molecule has 0 fully saturated rings. The first kappa shape index (κ1) is 17.9. The van der Waals surface area contributed by atoms with Crippen molar-refractivity contribution >= 4 is 40.5 Å². The smallest absolute Gasteiger partial charge is 0.340 e. The normalized spacial score (nSPS) is 10.2. The second-order valence-corrected chi connectivity index (χ2v) is 6.07. The van der Waals surface area contributed by atoms with Gasteiger partial charge in [-0.25, -0.2) is 4.79 Å². The van der Waals surface area contributed by atoms with E-state index in [1.807, 2.05) is 16.8 Å². The zero-order valence-electron chi connectivity index (χ0n) is 12.6. The third-order valence-electron chi connectivity index (χ3n) is 3.14. The van der Waals surface area contributed by atoms with Crippen molar-refractivity contribution in [3.63, 3.8) is 0 Å². The number of nitrogens with zero attached hydrogens (tertiary/aromatic N) is 2. The summed E-state index contributed by atoms with van der Waals surface area (Å²) >= 11 is 7.37. The van der Waals surface area contributed by atoms with Crippen molar-refractivity contribution in [3.8, 4) is 0 Å². The number of esters is 1. The molecule has 0 atom stereocenters. The molecule has 0 aliphatic rings. The molecule has 0 bridgehead atoms. The minimum absolute atomic E-state index is 0.0319. The zero-order valence-corrected chi connectivity index (χ0v) is 14.2. The Bertz CT molecular complexity index is 763. The van der Waals surface area contributed by atoms with Gasteiger partial charge in [-0.05, 0) is 28.5 Å². The quantitative estimate of drug-likeness (QED) is 0.444. The van der Waals surface area contributed by atoms with Gasteiger partial charge in [0, 0.05) is 25.7 Å². The van der Waals surface area contributed by atoms with Crippen molar-refractivity contribution in [2.75, 3.05) is 13.7 Å². The molecule has 7 nitrogen and oxygen atoms in total. The molecule has 0 aliphatic heterocycles. The van der Waals surface area contributed by atoms with Crippen LogP contribution in [0, 0.1) is 10.1 Å². The van der Waals surface area contributed by atoms with Crippen LogP contribution < -0.4 is 0 Å². The van der Waals surface area contributed by atoms with E-state index in [9.17, 15) is 19.7 Å². The lowest BCUT2D eigenvalue weighted by molar-refractivity contribution is -0.384. The second-order valence-electron chi connectivity index (χ2n) is 4.88. The van der Waals surface area contributed by atoms with Crippen LogP contribution in [0.15, 0.2) is 35.0 Å².